The average molecular weight is 275 g/mol. The lowest BCUT2D eigenvalue weighted by Gasteiger charge is -2.17. The molecule has 0 aromatic heterocycles. The second-order valence-electron chi connectivity index (χ2n) is 5.93. The fourth-order valence-electron chi connectivity index (χ4n) is 3.09. The molecule has 2 heteroatoms. The van der Waals surface area contributed by atoms with Crippen molar-refractivity contribution in [2.75, 3.05) is 13.7 Å². The average Bonchev–Trinajstić information content (AvgIpc) is 3.00. The molecule has 1 saturated heterocycles. The molecule has 2 rings (SSSR count). The van der Waals surface area contributed by atoms with E-state index in [0.717, 1.165) is 6.61 Å². The third-order valence-electron chi connectivity index (χ3n) is 4.37. The molecule has 0 bridgehead atoms. The van der Waals surface area contributed by atoms with Crippen molar-refractivity contribution in [2.45, 2.75) is 63.5 Å². The monoisotopic (exact) mass is 275 g/mol. The smallest absolute Gasteiger partial charge is 0.0576 e. The van der Waals surface area contributed by atoms with E-state index in [-0.39, 0.29) is 0 Å². The summed E-state index contributed by atoms with van der Waals surface area (Å²) in [7, 11) is 2.10. The lowest BCUT2D eigenvalue weighted by molar-refractivity contribution is 0.101. The van der Waals surface area contributed by atoms with E-state index in [1.165, 1.54) is 56.9 Å². The van der Waals surface area contributed by atoms with Crippen LogP contribution in [0.1, 0.15) is 50.5 Å². The first-order chi connectivity index (χ1) is 9.88. The summed E-state index contributed by atoms with van der Waals surface area (Å²) in [6.45, 7) is 0.983. The Morgan fingerprint density at radius 2 is 2.00 bits per heavy atom. The minimum atomic E-state index is 0.553. The second-order valence-corrected chi connectivity index (χ2v) is 5.93. The van der Waals surface area contributed by atoms with Gasteiger partial charge in [-0.25, -0.2) is 0 Å². The first kappa shape index (κ1) is 15.5. The number of hydrogen-bond acceptors (Lipinski definition) is 2. The SMILES string of the molecule is CNC(CCCc1ccccc1)CCCC1CCCO1. The van der Waals surface area contributed by atoms with Gasteiger partial charge >= 0.3 is 0 Å². The van der Waals surface area contributed by atoms with Crippen molar-refractivity contribution in [3.63, 3.8) is 0 Å². The van der Waals surface area contributed by atoms with Crippen LogP contribution in [-0.2, 0) is 11.2 Å². The van der Waals surface area contributed by atoms with E-state index in [2.05, 4.69) is 42.7 Å². The van der Waals surface area contributed by atoms with Crippen LogP contribution in [0.3, 0.4) is 0 Å². The summed E-state index contributed by atoms with van der Waals surface area (Å²) < 4.78 is 5.69. The van der Waals surface area contributed by atoms with Crippen molar-refractivity contribution in [1.29, 1.82) is 0 Å². The first-order valence-electron chi connectivity index (χ1n) is 8.21. The Bertz CT molecular complexity index is 346. The zero-order valence-electron chi connectivity index (χ0n) is 12.8. The highest BCUT2D eigenvalue weighted by molar-refractivity contribution is 5.14. The van der Waals surface area contributed by atoms with Crippen molar-refractivity contribution in [3.8, 4) is 0 Å². The van der Waals surface area contributed by atoms with E-state index >= 15 is 0 Å². The molecular formula is C18H29NO. The number of benzene rings is 1. The Labute approximate surface area is 123 Å². The molecular weight excluding hydrogens is 246 g/mol. The van der Waals surface area contributed by atoms with Crippen molar-refractivity contribution in [1.82, 2.24) is 5.32 Å². The van der Waals surface area contributed by atoms with Crippen molar-refractivity contribution >= 4 is 0 Å². The van der Waals surface area contributed by atoms with Gasteiger partial charge in [0, 0.05) is 12.6 Å². The Morgan fingerprint density at radius 1 is 1.20 bits per heavy atom. The maximum absolute atomic E-state index is 5.69. The topological polar surface area (TPSA) is 21.3 Å². The lowest BCUT2D eigenvalue weighted by Crippen LogP contribution is -2.25. The minimum Gasteiger partial charge on any atom is -0.378 e. The normalized spacial score (nSPS) is 20.1. The molecule has 1 aliphatic rings. The van der Waals surface area contributed by atoms with Gasteiger partial charge < -0.3 is 10.1 Å². The summed E-state index contributed by atoms with van der Waals surface area (Å²) in [4.78, 5) is 0. The number of nitrogens with one attached hydrogen (secondary N) is 1. The molecule has 2 unspecified atom stereocenters. The fraction of sp³-hybridized carbons (Fsp3) is 0.667. The van der Waals surface area contributed by atoms with E-state index in [1.54, 1.807) is 0 Å². The Kier molecular flexibility index (Phi) is 7.10. The van der Waals surface area contributed by atoms with Crippen LogP contribution in [0.15, 0.2) is 30.3 Å². The third-order valence-corrected chi connectivity index (χ3v) is 4.37. The van der Waals surface area contributed by atoms with Crippen LogP contribution in [0.5, 0.6) is 0 Å². The van der Waals surface area contributed by atoms with E-state index < -0.39 is 0 Å². The van der Waals surface area contributed by atoms with Crippen LogP contribution in [0.2, 0.25) is 0 Å². The molecule has 0 aliphatic carbocycles. The highest BCUT2D eigenvalue weighted by Crippen LogP contribution is 2.19. The maximum atomic E-state index is 5.69. The van der Waals surface area contributed by atoms with Crippen LogP contribution in [0.25, 0.3) is 0 Å². The molecule has 0 amide bonds. The van der Waals surface area contributed by atoms with E-state index in [4.69, 9.17) is 4.74 Å². The third kappa shape index (κ3) is 5.64. The largest absolute Gasteiger partial charge is 0.378 e. The molecule has 1 N–H and O–H groups in total. The highest BCUT2D eigenvalue weighted by Gasteiger charge is 2.15. The summed E-state index contributed by atoms with van der Waals surface area (Å²) in [5.74, 6) is 0. The Morgan fingerprint density at radius 3 is 2.70 bits per heavy atom. The quantitative estimate of drug-likeness (QED) is 0.737. The van der Waals surface area contributed by atoms with Gasteiger partial charge in [0.15, 0.2) is 0 Å². The lowest BCUT2D eigenvalue weighted by atomic mass is 9.99. The Hall–Kier alpha value is -0.860. The van der Waals surface area contributed by atoms with Crippen LogP contribution < -0.4 is 5.32 Å². The molecule has 2 nitrogen and oxygen atoms in total. The predicted molar refractivity (Wildman–Crippen MR) is 85.1 cm³/mol. The van der Waals surface area contributed by atoms with Crippen LogP contribution >= 0.6 is 0 Å². The van der Waals surface area contributed by atoms with Crippen molar-refractivity contribution in [2.24, 2.45) is 0 Å². The van der Waals surface area contributed by atoms with Crippen LogP contribution in [0, 0.1) is 0 Å². The van der Waals surface area contributed by atoms with E-state index in [9.17, 15) is 0 Å². The first-order valence-corrected chi connectivity index (χ1v) is 8.21. The van der Waals surface area contributed by atoms with Crippen LogP contribution in [-0.4, -0.2) is 25.8 Å². The summed E-state index contributed by atoms with van der Waals surface area (Å²) in [6.07, 6.45) is 10.7. The fourth-order valence-corrected chi connectivity index (χ4v) is 3.09. The molecule has 0 spiro atoms. The Balaban J connectivity index is 1.57. The van der Waals surface area contributed by atoms with E-state index in [1.807, 2.05) is 0 Å². The van der Waals surface area contributed by atoms with Gasteiger partial charge in [-0.2, -0.15) is 0 Å². The van der Waals surface area contributed by atoms with Gasteiger partial charge in [0.05, 0.1) is 6.10 Å². The molecule has 2 atom stereocenters. The van der Waals surface area contributed by atoms with Gasteiger partial charge in [-0.1, -0.05) is 30.3 Å². The summed E-state index contributed by atoms with van der Waals surface area (Å²) >= 11 is 0. The zero-order chi connectivity index (χ0) is 14.0. The molecule has 1 aliphatic heterocycles. The summed E-state index contributed by atoms with van der Waals surface area (Å²) in [6, 6.07) is 11.5. The van der Waals surface area contributed by atoms with Gasteiger partial charge in [-0.3, -0.25) is 0 Å². The van der Waals surface area contributed by atoms with Gasteiger partial charge in [-0.15, -0.1) is 0 Å². The number of hydrogen-bond donors (Lipinski definition) is 1. The molecule has 0 radical (unpaired) electrons. The molecule has 1 aromatic rings. The van der Waals surface area contributed by atoms with Crippen LogP contribution in [0.4, 0.5) is 0 Å². The molecule has 1 fully saturated rings. The van der Waals surface area contributed by atoms with E-state index in [0.29, 0.717) is 12.1 Å². The van der Waals surface area contributed by atoms with Crippen molar-refractivity contribution in [3.05, 3.63) is 35.9 Å². The molecule has 112 valence electrons. The summed E-state index contributed by atoms with van der Waals surface area (Å²) in [5.41, 5.74) is 1.46. The van der Waals surface area contributed by atoms with Crippen molar-refractivity contribution < 1.29 is 4.74 Å². The van der Waals surface area contributed by atoms with Gasteiger partial charge in [0.1, 0.15) is 0 Å². The van der Waals surface area contributed by atoms with Gasteiger partial charge in [-0.05, 0) is 64.0 Å². The zero-order valence-corrected chi connectivity index (χ0v) is 12.8. The number of ether oxygens (including phenoxy) is 1. The van der Waals surface area contributed by atoms with Gasteiger partial charge in [0.25, 0.3) is 0 Å². The van der Waals surface area contributed by atoms with Gasteiger partial charge in [0.2, 0.25) is 0 Å². The molecule has 1 heterocycles. The standard InChI is InChI=1S/C18H29NO/c1-19-17(12-6-13-18-14-7-15-20-18)11-5-10-16-8-3-2-4-9-16/h2-4,8-9,17-19H,5-7,10-15H2,1H3. The molecule has 1 aromatic carbocycles. The molecule has 20 heavy (non-hydrogen) atoms. The highest BCUT2D eigenvalue weighted by atomic mass is 16.5. The second kappa shape index (κ2) is 9.15. The summed E-state index contributed by atoms with van der Waals surface area (Å²) in [5, 5.41) is 3.47. The minimum absolute atomic E-state index is 0.553. The number of rotatable bonds is 9. The number of aryl methyl sites for hydroxylation is 1. The predicted octanol–water partition coefficient (Wildman–Crippen LogP) is 3.95. The maximum Gasteiger partial charge on any atom is 0.0576 e. The molecule has 0 saturated carbocycles.